The minimum atomic E-state index is 0.401. The third-order valence-electron chi connectivity index (χ3n) is 2.26. The molecular formula is C10H8N4OS2. The van der Waals surface area contributed by atoms with Gasteiger partial charge in [-0.2, -0.15) is 16.3 Å². The molecule has 0 aromatic carbocycles. The maximum atomic E-state index is 5.56. The van der Waals surface area contributed by atoms with Crippen LogP contribution in [-0.4, -0.2) is 15.1 Å². The molecule has 3 rings (SSSR count). The molecule has 2 N–H and O–H groups in total. The van der Waals surface area contributed by atoms with Gasteiger partial charge in [0.1, 0.15) is 5.69 Å². The standard InChI is InChI=1S/C10H8N4OS2/c1-5-2-16-3-6(5)8-13-9(15-14-8)7-4-17-10(11)12-7/h2-4H,1H3,(H2,11,12). The van der Waals surface area contributed by atoms with Gasteiger partial charge in [0.25, 0.3) is 5.89 Å². The van der Waals surface area contributed by atoms with Gasteiger partial charge >= 0.3 is 0 Å². The van der Waals surface area contributed by atoms with Crippen LogP contribution in [0.2, 0.25) is 0 Å². The molecule has 3 heterocycles. The Morgan fingerprint density at radius 2 is 2.12 bits per heavy atom. The van der Waals surface area contributed by atoms with Gasteiger partial charge in [0.2, 0.25) is 5.82 Å². The molecule has 0 aliphatic rings. The zero-order chi connectivity index (χ0) is 11.8. The second-order valence-electron chi connectivity index (χ2n) is 3.46. The van der Waals surface area contributed by atoms with E-state index >= 15 is 0 Å². The molecule has 0 spiro atoms. The number of anilines is 1. The number of nitrogen functional groups attached to an aromatic ring is 1. The molecule has 0 saturated carbocycles. The van der Waals surface area contributed by atoms with E-state index in [1.807, 2.05) is 17.7 Å². The van der Waals surface area contributed by atoms with Gasteiger partial charge in [0, 0.05) is 16.3 Å². The van der Waals surface area contributed by atoms with Gasteiger partial charge in [-0.15, -0.1) is 11.3 Å². The molecule has 0 bridgehead atoms. The summed E-state index contributed by atoms with van der Waals surface area (Å²) in [5, 5.41) is 10.3. The van der Waals surface area contributed by atoms with E-state index in [2.05, 4.69) is 15.1 Å². The van der Waals surface area contributed by atoms with Crippen molar-refractivity contribution < 1.29 is 4.52 Å². The van der Waals surface area contributed by atoms with Crippen LogP contribution in [0.15, 0.2) is 20.7 Å². The van der Waals surface area contributed by atoms with Gasteiger partial charge in [0.05, 0.1) is 0 Å². The molecule has 0 atom stereocenters. The third-order valence-corrected chi connectivity index (χ3v) is 3.80. The van der Waals surface area contributed by atoms with Crippen molar-refractivity contribution in [1.82, 2.24) is 15.1 Å². The largest absolute Gasteiger partial charge is 0.375 e. The van der Waals surface area contributed by atoms with E-state index < -0.39 is 0 Å². The lowest BCUT2D eigenvalue weighted by Gasteiger charge is -1.88. The van der Waals surface area contributed by atoms with Crippen molar-refractivity contribution in [3.63, 3.8) is 0 Å². The molecule has 0 aliphatic heterocycles. The number of aromatic nitrogens is 3. The average molecular weight is 264 g/mol. The number of hydrogen-bond acceptors (Lipinski definition) is 7. The summed E-state index contributed by atoms with van der Waals surface area (Å²) in [5.41, 5.74) is 8.32. The minimum Gasteiger partial charge on any atom is -0.375 e. The molecule has 0 unspecified atom stereocenters. The van der Waals surface area contributed by atoms with E-state index in [9.17, 15) is 0 Å². The third kappa shape index (κ3) is 1.83. The van der Waals surface area contributed by atoms with Crippen molar-refractivity contribution in [2.75, 3.05) is 5.73 Å². The monoisotopic (exact) mass is 264 g/mol. The smallest absolute Gasteiger partial charge is 0.277 e. The highest BCUT2D eigenvalue weighted by Gasteiger charge is 2.14. The lowest BCUT2D eigenvalue weighted by molar-refractivity contribution is 0.431. The van der Waals surface area contributed by atoms with Gasteiger partial charge < -0.3 is 10.3 Å². The van der Waals surface area contributed by atoms with Crippen LogP contribution in [0.4, 0.5) is 5.13 Å². The predicted octanol–water partition coefficient (Wildman–Crippen LogP) is 2.81. The molecule has 3 aromatic rings. The van der Waals surface area contributed by atoms with Gasteiger partial charge in [0.15, 0.2) is 5.13 Å². The highest BCUT2D eigenvalue weighted by atomic mass is 32.1. The van der Waals surface area contributed by atoms with Crippen LogP contribution >= 0.6 is 22.7 Å². The molecule has 0 radical (unpaired) electrons. The number of nitrogens with zero attached hydrogens (tertiary/aromatic N) is 3. The van der Waals surface area contributed by atoms with E-state index in [0.29, 0.717) is 22.5 Å². The molecule has 86 valence electrons. The molecule has 0 aliphatic carbocycles. The molecule has 0 saturated heterocycles. The summed E-state index contributed by atoms with van der Waals surface area (Å²) in [5.74, 6) is 0.990. The Bertz CT molecular complexity index is 655. The van der Waals surface area contributed by atoms with Crippen molar-refractivity contribution in [3.8, 4) is 23.0 Å². The summed E-state index contributed by atoms with van der Waals surface area (Å²) in [6, 6.07) is 0. The molecule has 5 nitrogen and oxygen atoms in total. The molecular weight excluding hydrogens is 256 g/mol. The van der Waals surface area contributed by atoms with Gasteiger partial charge in [-0.25, -0.2) is 4.98 Å². The zero-order valence-electron chi connectivity index (χ0n) is 8.88. The quantitative estimate of drug-likeness (QED) is 0.770. The van der Waals surface area contributed by atoms with Crippen molar-refractivity contribution in [1.29, 1.82) is 0 Å². The van der Waals surface area contributed by atoms with E-state index in [0.717, 1.165) is 11.1 Å². The zero-order valence-corrected chi connectivity index (χ0v) is 10.5. The Kier molecular flexibility index (Phi) is 2.41. The van der Waals surface area contributed by atoms with Crippen LogP contribution in [-0.2, 0) is 0 Å². The first-order chi connectivity index (χ1) is 8.24. The van der Waals surface area contributed by atoms with Gasteiger partial charge in [-0.1, -0.05) is 5.16 Å². The summed E-state index contributed by atoms with van der Waals surface area (Å²) >= 11 is 2.97. The van der Waals surface area contributed by atoms with Crippen LogP contribution in [0.25, 0.3) is 23.0 Å². The van der Waals surface area contributed by atoms with Crippen LogP contribution in [0.5, 0.6) is 0 Å². The summed E-state index contributed by atoms with van der Waals surface area (Å²) in [6.45, 7) is 2.02. The Labute approximate surface area is 105 Å². The van der Waals surface area contributed by atoms with Gasteiger partial charge in [-0.05, 0) is 17.9 Å². The number of thiazole rings is 1. The number of thiophene rings is 1. The van der Waals surface area contributed by atoms with Crippen molar-refractivity contribution in [2.24, 2.45) is 0 Å². The first-order valence-corrected chi connectivity index (χ1v) is 6.64. The Morgan fingerprint density at radius 1 is 1.24 bits per heavy atom. The fraction of sp³-hybridized carbons (Fsp3) is 0.100. The fourth-order valence-corrected chi connectivity index (χ4v) is 2.78. The van der Waals surface area contributed by atoms with Crippen molar-refractivity contribution >= 4 is 27.8 Å². The summed E-state index contributed by atoms with van der Waals surface area (Å²) < 4.78 is 5.17. The normalized spacial score (nSPS) is 10.9. The van der Waals surface area contributed by atoms with E-state index in [1.54, 1.807) is 16.7 Å². The van der Waals surface area contributed by atoms with E-state index in [4.69, 9.17) is 10.3 Å². The topological polar surface area (TPSA) is 77.8 Å². The number of rotatable bonds is 2. The van der Waals surface area contributed by atoms with E-state index in [-0.39, 0.29) is 0 Å². The first kappa shape index (κ1) is 10.4. The average Bonchev–Trinajstić information content (AvgIpc) is 2.97. The number of nitrogens with two attached hydrogens (primary N) is 1. The summed E-state index contributed by atoms with van der Waals surface area (Å²) in [6.07, 6.45) is 0. The highest BCUT2D eigenvalue weighted by molar-refractivity contribution is 7.13. The van der Waals surface area contributed by atoms with Crippen LogP contribution in [0.1, 0.15) is 5.56 Å². The Morgan fingerprint density at radius 3 is 2.76 bits per heavy atom. The van der Waals surface area contributed by atoms with Crippen molar-refractivity contribution in [2.45, 2.75) is 6.92 Å². The first-order valence-electron chi connectivity index (χ1n) is 4.82. The minimum absolute atomic E-state index is 0.401. The molecule has 0 fully saturated rings. The summed E-state index contributed by atoms with van der Waals surface area (Å²) in [4.78, 5) is 8.42. The molecule has 7 heteroatoms. The summed E-state index contributed by atoms with van der Waals surface area (Å²) in [7, 11) is 0. The molecule has 3 aromatic heterocycles. The van der Waals surface area contributed by atoms with Crippen LogP contribution in [0, 0.1) is 6.92 Å². The lowest BCUT2D eigenvalue weighted by atomic mass is 10.2. The Balaban J connectivity index is 2.01. The maximum absolute atomic E-state index is 5.56. The lowest BCUT2D eigenvalue weighted by Crippen LogP contribution is -1.83. The van der Waals surface area contributed by atoms with Crippen LogP contribution < -0.4 is 5.73 Å². The second-order valence-corrected chi connectivity index (χ2v) is 5.10. The molecule has 0 amide bonds. The maximum Gasteiger partial charge on any atom is 0.277 e. The highest BCUT2D eigenvalue weighted by Crippen LogP contribution is 2.27. The fourth-order valence-electron chi connectivity index (χ4n) is 1.41. The SMILES string of the molecule is Cc1cscc1-c1noc(-c2csc(N)n2)n1. The van der Waals surface area contributed by atoms with Gasteiger partial charge in [-0.3, -0.25) is 0 Å². The molecule has 17 heavy (non-hydrogen) atoms. The van der Waals surface area contributed by atoms with Crippen molar-refractivity contribution in [3.05, 3.63) is 21.7 Å². The Hall–Kier alpha value is -1.73. The van der Waals surface area contributed by atoms with Crippen LogP contribution in [0.3, 0.4) is 0 Å². The van der Waals surface area contributed by atoms with E-state index in [1.165, 1.54) is 11.3 Å². The number of hydrogen-bond donors (Lipinski definition) is 1. The number of aryl methyl sites for hydroxylation is 1. The second kappa shape index (κ2) is 3.94. The predicted molar refractivity (Wildman–Crippen MR) is 67.9 cm³/mol.